The highest BCUT2D eigenvalue weighted by molar-refractivity contribution is 6.30. The van der Waals surface area contributed by atoms with Gasteiger partial charge in [-0.3, -0.25) is 4.79 Å². The third-order valence-corrected chi connectivity index (χ3v) is 4.52. The second-order valence-corrected chi connectivity index (χ2v) is 7.41. The summed E-state index contributed by atoms with van der Waals surface area (Å²) in [5.74, 6) is -6.21. The maximum atomic E-state index is 14.7. The van der Waals surface area contributed by atoms with E-state index >= 15 is 0 Å². The molecule has 0 aliphatic rings. The van der Waals surface area contributed by atoms with E-state index in [0.717, 1.165) is 13.0 Å². The predicted octanol–water partition coefficient (Wildman–Crippen LogP) is 8.16. The first kappa shape index (κ1) is 27.5. The first-order valence-electron chi connectivity index (χ1n) is 9.05. The quantitative estimate of drug-likeness (QED) is 0.283. The summed E-state index contributed by atoms with van der Waals surface area (Å²) < 4.78 is 137. The van der Waals surface area contributed by atoms with Gasteiger partial charge < -0.3 is 4.74 Å². The highest BCUT2D eigenvalue weighted by atomic mass is 35.5. The Balaban J connectivity index is 2.55. The van der Waals surface area contributed by atoms with Crippen LogP contribution in [0.15, 0.2) is 42.5 Å². The number of carbonyl (C=O) groups is 1. The van der Waals surface area contributed by atoms with Crippen LogP contribution >= 0.6 is 11.6 Å². The molecule has 0 amide bonds. The molecule has 0 heterocycles. The summed E-state index contributed by atoms with van der Waals surface area (Å²) in [6.45, 7) is -1.01. The molecular formula is C21H13ClF10O2. The van der Waals surface area contributed by atoms with Crippen molar-refractivity contribution in [3.05, 3.63) is 69.8 Å². The number of hydrogen-bond acceptors (Lipinski definition) is 2. The molecule has 0 spiro atoms. The third-order valence-electron chi connectivity index (χ3n) is 4.30. The van der Waals surface area contributed by atoms with Gasteiger partial charge in [-0.15, -0.1) is 0 Å². The zero-order valence-corrected chi connectivity index (χ0v) is 17.6. The highest BCUT2D eigenvalue weighted by Gasteiger charge is 2.41. The number of Topliss-reactive ketones (excluding diaryl/α,β-unsaturated/α-hetero) is 1. The van der Waals surface area contributed by atoms with Crippen LogP contribution in [0.4, 0.5) is 43.9 Å². The Morgan fingerprint density at radius 1 is 1.00 bits per heavy atom. The van der Waals surface area contributed by atoms with Gasteiger partial charge in [-0.25, -0.2) is 4.39 Å². The number of hydrogen-bond donors (Lipinski definition) is 0. The van der Waals surface area contributed by atoms with Gasteiger partial charge in [0.15, 0.2) is 12.4 Å². The minimum absolute atomic E-state index is 0.0534. The highest BCUT2D eigenvalue weighted by Crippen LogP contribution is 2.41. The van der Waals surface area contributed by atoms with Gasteiger partial charge in [0, 0.05) is 16.1 Å². The lowest BCUT2D eigenvalue weighted by atomic mass is 9.95. The van der Waals surface area contributed by atoms with Crippen LogP contribution < -0.4 is 4.74 Å². The maximum Gasteiger partial charge on any atom is 0.422 e. The lowest BCUT2D eigenvalue weighted by Crippen LogP contribution is -2.21. The number of ether oxygens (including phenoxy) is 1. The number of alkyl halides is 9. The zero-order chi connectivity index (χ0) is 26.1. The molecular weight excluding hydrogens is 510 g/mol. The van der Waals surface area contributed by atoms with Crippen molar-refractivity contribution >= 4 is 23.2 Å². The van der Waals surface area contributed by atoms with E-state index in [1.54, 1.807) is 0 Å². The molecule has 34 heavy (non-hydrogen) atoms. The SMILES string of the molecule is CC(=O)c1ccc(/C(F)=C/C(c2cc(Cl)cc(OCC(F)(F)F)c2)C(F)(F)F)cc1C(F)(F)F. The molecule has 0 aliphatic heterocycles. The standard InChI is InChI=1S/C21H13ClF10O2/c1-10(33)15-3-2-11(6-17(15)21(30,31)32)18(23)8-16(20(27,28)29)12-4-13(22)7-14(5-12)34-9-19(24,25)26/h2-8,16H,9H2,1H3/b18-8-. The summed E-state index contributed by atoms with van der Waals surface area (Å²) in [4.78, 5) is 11.4. The van der Waals surface area contributed by atoms with Gasteiger partial charge in [-0.05, 0) is 42.8 Å². The Morgan fingerprint density at radius 3 is 2.12 bits per heavy atom. The van der Waals surface area contributed by atoms with E-state index in [1.165, 1.54) is 0 Å². The predicted molar refractivity (Wildman–Crippen MR) is 102 cm³/mol. The number of ketones is 1. The van der Waals surface area contributed by atoms with Gasteiger partial charge in [0.2, 0.25) is 0 Å². The number of rotatable bonds is 6. The summed E-state index contributed by atoms with van der Waals surface area (Å²) in [6.07, 6.45) is -15.2. The average Bonchev–Trinajstić information content (AvgIpc) is 2.67. The molecule has 0 bridgehead atoms. The normalized spacial score (nSPS) is 14.2. The summed E-state index contributed by atoms with van der Waals surface area (Å²) in [5, 5.41) is -0.456. The summed E-state index contributed by atoms with van der Waals surface area (Å²) in [7, 11) is 0. The van der Waals surface area contributed by atoms with E-state index in [4.69, 9.17) is 11.6 Å². The molecule has 1 unspecified atom stereocenters. The van der Waals surface area contributed by atoms with Gasteiger partial charge in [-0.2, -0.15) is 39.5 Å². The molecule has 13 heteroatoms. The van der Waals surface area contributed by atoms with Crippen LogP contribution in [-0.2, 0) is 6.18 Å². The fraction of sp³-hybridized carbons (Fsp3) is 0.286. The molecule has 2 aromatic rings. The van der Waals surface area contributed by atoms with Crippen molar-refractivity contribution in [3.8, 4) is 5.75 Å². The Kier molecular flexibility index (Phi) is 7.96. The van der Waals surface area contributed by atoms with Crippen LogP contribution in [0.25, 0.3) is 5.83 Å². The molecule has 0 aromatic heterocycles. The lowest BCUT2D eigenvalue weighted by molar-refractivity contribution is -0.153. The Labute approximate surface area is 190 Å². The van der Waals surface area contributed by atoms with Gasteiger partial charge in [0.05, 0.1) is 5.56 Å². The maximum absolute atomic E-state index is 14.7. The van der Waals surface area contributed by atoms with Crippen LogP contribution in [-0.4, -0.2) is 24.7 Å². The molecule has 1 atom stereocenters. The summed E-state index contributed by atoms with van der Waals surface area (Å²) in [5.41, 5.74) is -4.07. The van der Waals surface area contributed by atoms with Crippen LogP contribution in [0.5, 0.6) is 5.75 Å². The van der Waals surface area contributed by atoms with Crippen LogP contribution in [0, 0.1) is 0 Å². The second-order valence-electron chi connectivity index (χ2n) is 6.97. The first-order valence-corrected chi connectivity index (χ1v) is 9.43. The van der Waals surface area contributed by atoms with Crippen molar-refractivity contribution in [2.75, 3.05) is 6.61 Å². The van der Waals surface area contributed by atoms with Crippen molar-refractivity contribution < 1.29 is 53.4 Å². The van der Waals surface area contributed by atoms with Gasteiger partial charge in [0.1, 0.15) is 17.5 Å². The number of benzene rings is 2. The first-order chi connectivity index (χ1) is 15.4. The molecule has 0 saturated heterocycles. The number of carbonyl (C=O) groups excluding carboxylic acids is 1. The van der Waals surface area contributed by atoms with E-state index in [0.29, 0.717) is 24.3 Å². The van der Waals surface area contributed by atoms with Gasteiger partial charge in [0.25, 0.3) is 0 Å². The van der Waals surface area contributed by atoms with E-state index in [9.17, 15) is 48.7 Å². The minimum atomic E-state index is -5.21. The monoisotopic (exact) mass is 522 g/mol. The second kappa shape index (κ2) is 9.85. The number of allylic oxidation sites excluding steroid dienone is 1. The smallest absolute Gasteiger partial charge is 0.422 e. The third kappa shape index (κ3) is 7.37. The topological polar surface area (TPSA) is 26.3 Å². The van der Waals surface area contributed by atoms with Crippen LogP contribution in [0.1, 0.15) is 39.9 Å². The van der Waals surface area contributed by atoms with E-state index in [-0.39, 0.29) is 12.1 Å². The van der Waals surface area contributed by atoms with Crippen molar-refractivity contribution in [2.24, 2.45) is 0 Å². The van der Waals surface area contributed by atoms with Gasteiger partial charge in [-0.1, -0.05) is 23.7 Å². The van der Waals surface area contributed by atoms with Crippen molar-refractivity contribution in [1.82, 2.24) is 0 Å². The Bertz CT molecular complexity index is 1080. The molecule has 0 radical (unpaired) electrons. The van der Waals surface area contributed by atoms with Crippen molar-refractivity contribution in [1.29, 1.82) is 0 Å². The molecule has 186 valence electrons. The van der Waals surface area contributed by atoms with Crippen molar-refractivity contribution in [2.45, 2.75) is 31.4 Å². The van der Waals surface area contributed by atoms with Crippen LogP contribution in [0.3, 0.4) is 0 Å². The minimum Gasteiger partial charge on any atom is -0.484 e. The molecule has 2 aromatic carbocycles. The molecule has 0 saturated carbocycles. The molecule has 0 aliphatic carbocycles. The number of halogens is 11. The molecule has 0 N–H and O–H groups in total. The Morgan fingerprint density at radius 2 is 1.62 bits per heavy atom. The largest absolute Gasteiger partial charge is 0.484 e. The lowest BCUT2D eigenvalue weighted by Gasteiger charge is -2.19. The molecule has 2 rings (SSSR count). The average molecular weight is 523 g/mol. The molecule has 0 fully saturated rings. The summed E-state index contributed by atoms with van der Waals surface area (Å²) >= 11 is 5.67. The van der Waals surface area contributed by atoms with E-state index in [2.05, 4.69) is 4.74 Å². The summed E-state index contributed by atoms with van der Waals surface area (Å²) in [6, 6.07) is 3.57. The zero-order valence-electron chi connectivity index (χ0n) is 16.8. The Hall–Kier alpha value is -2.76. The molecule has 2 nitrogen and oxygen atoms in total. The van der Waals surface area contributed by atoms with Crippen LogP contribution in [0.2, 0.25) is 5.02 Å². The van der Waals surface area contributed by atoms with E-state index < -0.39 is 75.7 Å². The van der Waals surface area contributed by atoms with Gasteiger partial charge >= 0.3 is 18.5 Å². The van der Waals surface area contributed by atoms with Crippen molar-refractivity contribution in [3.63, 3.8) is 0 Å². The fourth-order valence-corrected chi connectivity index (χ4v) is 3.10. The fourth-order valence-electron chi connectivity index (χ4n) is 2.87. The van der Waals surface area contributed by atoms with E-state index in [1.807, 2.05) is 0 Å².